The van der Waals surface area contributed by atoms with E-state index in [0.717, 1.165) is 19.4 Å². The summed E-state index contributed by atoms with van der Waals surface area (Å²) in [6.45, 7) is 6.64. The average Bonchev–Trinajstić information content (AvgIpc) is 2.81. The molecule has 0 radical (unpaired) electrons. The summed E-state index contributed by atoms with van der Waals surface area (Å²) in [5, 5.41) is 14.3. The molecule has 0 saturated carbocycles. The van der Waals surface area contributed by atoms with Crippen molar-refractivity contribution in [2.24, 2.45) is 11.3 Å². The Morgan fingerprint density at radius 2 is 2.05 bits per heavy atom. The average molecular weight is 272 g/mol. The van der Waals surface area contributed by atoms with Gasteiger partial charge in [0.15, 0.2) is 0 Å². The number of aliphatic carboxylic acids is 1. The maximum Gasteiger partial charge on any atom is 0.314 e. The van der Waals surface area contributed by atoms with E-state index in [1.165, 1.54) is 0 Å². The number of carbonyl (C=O) groups excluding carboxylic acids is 1. The van der Waals surface area contributed by atoms with Gasteiger partial charge in [0.2, 0.25) is 0 Å². The summed E-state index contributed by atoms with van der Waals surface area (Å²) < 4.78 is 5.54. The third-order valence-corrected chi connectivity index (χ3v) is 3.54. The first-order chi connectivity index (χ1) is 8.86. The van der Waals surface area contributed by atoms with Crippen LogP contribution in [0, 0.1) is 11.3 Å². The lowest BCUT2D eigenvalue weighted by molar-refractivity contribution is -0.146. The molecular weight excluding hydrogens is 248 g/mol. The first-order valence-corrected chi connectivity index (χ1v) is 6.73. The predicted octanol–water partition coefficient (Wildman–Crippen LogP) is 1.21. The van der Waals surface area contributed by atoms with E-state index in [-0.39, 0.29) is 18.7 Å². The molecule has 0 spiro atoms. The van der Waals surface area contributed by atoms with E-state index in [0.29, 0.717) is 12.5 Å². The van der Waals surface area contributed by atoms with Crippen molar-refractivity contribution in [2.45, 2.75) is 39.7 Å². The van der Waals surface area contributed by atoms with Crippen LogP contribution in [0.15, 0.2) is 0 Å². The summed E-state index contributed by atoms with van der Waals surface area (Å²) >= 11 is 0. The lowest BCUT2D eigenvalue weighted by atomic mass is 9.94. The number of carboxylic acids is 1. The monoisotopic (exact) mass is 272 g/mol. The van der Waals surface area contributed by atoms with Gasteiger partial charge in [-0.25, -0.2) is 4.79 Å². The largest absolute Gasteiger partial charge is 0.481 e. The summed E-state index contributed by atoms with van der Waals surface area (Å²) in [4.78, 5) is 22.5. The van der Waals surface area contributed by atoms with Crippen LogP contribution in [0.25, 0.3) is 0 Å². The second-order valence-electron chi connectivity index (χ2n) is 5.62. The Morgan fingerprint density at radius 3 is 2.63 bits per heavy atom. The fraction of sp³-hybridized carbons (Fsp3) is 0.846. The standard InChI is InChI=1S/C13H24N2O4/c1-4-10-9(5-6-19-10)7-14-12(18)15-8-13(2,3)11(16)17/h9-10H,4-8H2,1-3H3,(H,16,17)(H2,14,15,18). The minimum atomic E-state index is -0.959. The van der Waals surface area contributed by atoms with Crippen molar-refractivity contribution in [3.05, 3.63) is 0 Å². The molecule has 1 saturated heterocycles. The van der Waals surface area contributed by atoms with E-state index in [9.17, 15) is 9.59 Å². The molecule has 0 aliphatic carbocycles. The highest BCUT2D eigenvalue weighted by Gasteiger charge is 2.29. The Balaban J connectivity index is 2.27. The van der Waals surface area contributed by atoms with E-state index in [1.54, 1.807) is 13.8 Å². The Bertz CT molecular complexity index is 331. The molecule has 6 nitrogen and oxygen atoms in total. The Kier molecular flexibility index (Phi) is 5.60. The fourth-order valence-electron chi connectivity index (χ4n) is 2.04. The Morgan fingerprint density at radius 1 is 1.37 bits per heavy atom. The highest BCUT2D eigenvalue weighted by atomic mass is 16.5. The van der Waals surface area contributed by atoms with E-state index < -0.39 is 11.4 Å². The van der Waals surface area contributed by atoms with Gasteiger partial charge in [-0.15, -0.1) is 0 Å². The zero-order valence-corrected chi connectivity index (χ0v) is 11.9. The minimum absolute atomic E-state index is 0.104. The number of carbonyl (C=O) groups is 2. The van der Waals surface area contributed by atoms with Gasteiger partial charge in [0.05, 0.1) is 11.5 Å². The molecule has 1 rings (SSSR count). The highest BCUT2D eigenvalue weighted by Crippen LogP contribution is 2.22. The molecule has 0 aromatic carbocycles. The van der Waals surface area contributed by atoms with Gasteiger partial charge in [-0.1, -0.05) is 6.92 Å². The summed E-state index contributed by atoms with van der Waals surface area (Å²) in [7, 11) is 0. The maximum absolute atomic E-state index is 11.6. The molecule has 2 amide bonds. The molecule has 0 bridgehead atoms. The summed E-state index contributed by atoms with van der Waals surface area (Å²) in [5.74, 6) is -0.578. The number of ether oxygens (including phenoxy) is 1. The van der Waals surface area contributed by atoms with Gasteiger partial charge in [-0.05, 0) is 26.7 Å². The predicted molar refractivity (Wildman–Crippen MR) is 71.0 cm³/mol. The fourth-order valence-corrected chi connectivity index (χ4v) is 2.04. The number of hydrogen-bond acceptors (Lipinski definition) is 3. The lowest BCUT2D eigenvalue weighted by Gasteiger charge is -2.21. The van der Waals surface area contributed by atoms with Gasteiger partial charge in [-0.3, -0.25) is 4.79 Å². The van der Waals surface area contributed by atoms with Crippen molar-refractivity contribution in [1.82, 2.24) is 10.6 Å². The van der Waals surface area contributed by atoms with Crippen molar-refractivity contribution >= 4 is 12.0 Å². The smallest absolute Gasteiger partial charge is 0.314 e. The van der Waals surface area contributed by atoms with E-state index in [2.05, 4.69) is 17.6 Å². The van der Waals surface area contributed by atoms with Crippen molar-refractivity contribution in [1.29, 1.82) is 0 Å². The zero-order chi connectivity index (χ0) is 14.5. The maximum atomic E-state index is 11.6. The third kappa shape index (κ3) is 4.70. The number of urea groups is 1. The topological polar surface area (TPSA) is 87.7 Å². The van der Waals surface area contributed by atoms with E-state index in [4.69, 9.17) is 9.84 Å². The van der Waals surface area contributed by atoms with Gasteiger partial charge in [0, 0.05) is 25.6 Å². The van der Waals surface area contributed by atoms with Gasteiger partial charge >= 0.3 is 12.0 Å². The van der Waals surface area contributed by atoms with Gasteiger partial charge < -0.3 is 20.5 Å². The lowest BCUT2D eigenvalue weighted by Crippen LogP contribution is -2.45. The van der Waals surface area contributed by atoms with E-state index in [1.807, 2.05) is 0 Å². The van der Waals surface area contributed by atoms with Crippen molar-refractivity contribution in [3.63, 3.8) is 0 Å². The molecule has 6 heteroatoms. The number of amides is 2. The van der Waals surface area contributed by atoms with Crippen LogP contribution < -0.4 is 10.6 Å². The molecule has 19 heavy (non-hydrogen) atoms. The van der Waals surface area contributed by atoms with Crippen LogP contribution in [-0.4, -0.2) is 42.9 Å². The molecule has 0 aromatic heterocycles. The quantitative estimate of drug-likeness (QED) is 0.678. The van der Waals surface area contributed by atoms with Crippen LogP contribution in [0.4, 0.5) is 4.79 Å². The summed E-state index contributed by atoms with van der Waals surface area (Å²) in [6.07, 6.45) is 2.12. The van der Waals surface area contributed by atoms with Gasteiger partial charge in [-0.2, -0.15) is 0 Å². The molecular formula is C13H24N2O4. The molecule has 1 aliphatic heterocycles. The van der Waals surface area contributed by atoms with Crippen LogP contribution in [0.5, 0.6) is 0 Å². The molecule has 0 aromatic rings. The number of carboxylic acid groups (broad SMARTS) is 1. The Labute approximate surface area is 113 Å². The normalized spacial score (nSPS) is 23.1. The first-order valence-electron chi connectivity index (χ1n) is 6.73. The van der Waals surface area contributed by atoms with Gasteiger partial charge in [0.25, 0.3) is 0 Å². The second kappa shape index (κ2) is 6.75. The van der Waals surface area contributed by atoms with Crippen molar-refractivity contribution in [2.75, 3.05) is 19.7 Å². The molecule has 2 unspecified atom stereocenters. The molecule has 1 aliphatic rings. The first kappa shape index (κ1) is 15.8. The van der Waals surface area contributed by atoms with Crippen molar-refractivity contribution < 1.29 is 19.4 Å². The van der Waals surface area contributed by atoms with Crippen LogP contribution in [-0.2, 0) is 9.53 Å². The number of hydrogen-bond donors (Lipinski definition) is 3. The minimum Gasteiger partial charge on any atom is -0.481 e. The molecule has 2 atom stereocenters. The third-order valence-electron chi connectivity index (χ3n) is 3.54. The van der Waals surface area contributed by atoms with Crippen LogP contribution in [0.3, 0.4) is 0 Å². The molecule has 1 heterocycles. The van der Waals surface area contributed by atoms with Crippen LogP contribution >= 0.6 is 0 Å². The number of rotatable bonds is 6. The highest BCUT2D eigenvalue weighted by molar-refractivity contribution is 5.77. The zero-order valence-electron chi connectivity index (χ0n) is 11.9. The summed E-state index contributed by atoms with van der Waals surface area (Å²) in [6, 6.07) is -0.323. The SMILES string of the molecule is CCC1OCCC1CNC(=O)NCC(C)(C)C(=O)O. The van der Waals surface area contributed by atoms with Crippen molar-refractivity contribution in [3.8, 4) is 0 Å². The van der Waals surface area contributed by atoms with Crippen LogP contribution in [0.2, 0.25) is 0 Å². The van der Waals surface area contributed by atoms with E-state index >= 15 is 0 Å². The molecule has 3 N–H and O–H groups in total. The number of nitrogens with one attached hydrogen (secondary N) is 2. The van der Waals surface area contributed by atoms with Crippen LogP contribution in [0.1, 0.15) is 33.6 Å². The molecule has 110 valence electrons. The summed E-state index contributed by atoms with van der Waals surface area (Å²) in [5.41, 5.74) is -0.959. The Hall–Kier alpha value is -1.30. The second-order valence-corrected chi connectivity index (χ2v) is 5.62. The molecule has 1 fully saturated rings. The van der Waals surface area contributed by atoms with Gasteiger partial charge in [0.1, 0.15) is 0 Å².